The van der Waals surface area contributed by atoms with E-state index < -0.39 is 0 Å². The van der Waals surface area contributed by atoms with Gasteiger partial charge in [0.15, 0.2) is 5.76 Å². The molecule has 0 aromatic carbocycles. The molecule has 20 heavy (non-hydrogen) atoms. The van der Waals surface area contributed by atoms with Crippen LogP contribution in [-0.4, -0.2) is 35.7 Å². The molecule has 0 aliphatic carbocycles. The van der Waals surface area contributed by atoms with Gasteiger partial charge < -0.3 is 14.3 Å². The van der Waals surface area contributed by atoms with Crippen LogP contribution in [-0.2, 0) is 6.54 Å². The number of likely N-dealkylation sites (tertiary alicyclic amines) is 1. The van der Waals surface area contributed by atoms with Crippen molar-refractivity contribution in [3.8, 4) is 11.5 Å². The van der Waals surface area contributed by atoms with Crippen LogP contribution < -0.4 is 5.32 Å². The summed E-state index contributed by atoms with van der Waals surface area (Å²) in [6.07, 6.45) is 3.96. The molecule has 0 saturated carbocycles. The maximum Gasteiger partial charge on any atom is 0.202 e. The minimum absolute atomic E-state index is 0.277. The van der Waals surface area contributed by atoms with Gasteiger partial charge in [-0.2, -0.15) is 0 Å². The highest BCUT2D eigenvalue weighted by Crippen LogP contribution is 2.24. The molecule has 1 aliphatic rings. The maximum atomic E-state index is 5.33. The van der Waals surface area contributed by atoms with Crippen LogP contribution in [0.15, 0.2) is 33.4 Å². The SMILES string of the molecule is CNC1(C)CCN(Cc2cc(-c3ccco3)on2)CC1. The average Bonchev–Trinajstić information content (AvgIpc) is 3.12. The predicted octanol–water partition coefficient (Wildman–Crippen LogP) is 2.51. The van der Waals surface area contributed by atoms with Gasteiger partial charge in [-0.15, -0.1) is 0 Å². The Kier molecular flexibility index (Phi) is 3.63. The predicted molar refractivity (Wildman–Crippen MR) is 76.2 cm³/mol. The summed E-state index contributed by atoms with van der Waals surface area (Å²) in [5, 5.41) is 7.54. The van der Waals surface area contributed by atoms with Gasteiger partial charge in [0.2, 0.25) is 5.76 Å². The molecule has 1 aliphatic heterocycles. The van der Waals surface area contributed by atoms with Crippen LogP contribution in [0.3, 0.4) is 0 Å². The van der Waals surface area contributed by atoms with Gasteiger partial charge >= 0.3 is 0 Å². The lowest BCUT2D eigenvalue weighted by Crippen LogP contribution is -2.49. The molecule has 0 spiro atoms. The second-order valence-electron chi connectivity index (χ2n) is 5.75. The third-order valence-corrected chi connectivity index (χ3v) is 4.27. The number of furan rings is 1. The number of aromatic nitrogens is 1. The lowest BCUT2D eigenvalue weighted by Gasteiger charge is -2.39. The van der Waals surface area contributed by atoms with E-state index in [2.05, 4.69) is 22.3 Å². The van der Waals surface area contributed by atoms with Crippen molar-refractivity contribution in [2.75, 3.05) is 20.1 Å². The van der Waals surface area contributed by atoms with Crippen LogP contribution in [0.4, 0.5) is 0 Å². The number of piperidine rings is 1. The molecule has 1 saturated heterocycles. The molecule has 5 nitrogen and oxygen atoms in total. The minimum Gasteiger partial charge on any atom is -0.461 e. The van der Waals surface area contributed by atoms with Crippen LogP contribution in [0.5, 0.6) is 0 Å². The Labute approximate surface area is 118 Å². The molecule has 108 valence electrons. The summed E-state index contributed by atoms with van der Waals surface area (Å²) in [5.74, 6) is 1.42. The first-order valence-electron chi connectivity index (χ1n) is 7.09. The smallest absolute Gasteiger partial charge is 0.202 e. The monoisotopic (exact) mass is 275 g/mol. The van der Waals surface area contributed by atoms with Crippen molar-refractivity contribution in [1.82, 2.24) is 15.4 Å². The van der Waals surface area contributed by atoms with E-state index in [4.69, 9.17) is 8.94 Å². The first-order chi connectivity index (χ1) is 9.68. The van der Waals surface area contributed by atoms with Gasteiger partial charge in [0.25, 0.3) is 0 Å². The van der Waals surface area contributed by atoms with Crippen LogP contribution in [0.1, 0.15) is 25.5 Å². The number of hydrogen-bond donors (Lipinski definition) is 1. The average molecular weight is 275 g/mol. The lowest BCUT2D eigenvalue weighted by atomic mass is 9.90. The van der Waals surface area contributed by atoms with E-state index in [0.29, 0.717) is 5.76 Å². The van der Waals surface area contributed by atoms with Gasteiger partial charge in [0, 0.05) is 31.2 Å². The van der Waals surface area contributed by atoms with Gasteiger partial charge in [-0.05, 0) is 38.9 Å². The summed E-state index contributed by atoms with van der Waals surface area (Å²) in [5.41, 5.74) is 1.24. The standard InChI is InChI=1S/C15H21N3O2/c1-15(16-2)5-7-18(8-6-15)11-12-10-14(20-17-12)13-4-3-9-19-13/h3-4,9-10,16H,5-8,11H2,1-2H3. The van der Waals surface area contributed by atoms with Crippen molar-refractivity contribution >= 4 is 0 Å². The van der Waals surface area contributed by atoms with Crippen molar-refractivity contribution < 1.29 is 8.94 Å². The fourth-order valence-corrected chi connectivity index (χ4v) is 2.60. The van der Waals surface area contributed by atoms with E-state index in [9.17, 15) is 0 Å². The second-order valence-corrected chi connectivity index (χ2v) is 5.75. The summed E-state index contributed by atoms with van der Waals surface area (Å²) in [7, 11) is 2.04. The molecule has 0 radical (unpaired) electrons. The Morgan fingerprint density at radius 3 is 2.80 bits per heavy atom. The summed E-state index contributed by atoms with van der Waals surface area (Å²) >= 11 is 0. The van der Waals surface area contributed by atoms with Crippen molar-refractivity contribution in [3.05, 3.63) is 30.2 Å². The van der Waals surface area contributed by atoms with Gasteiger partial charge in [0.1, 0.15) is 0 Å². The van der Waals surface area contributed by atoms with Crippen molar-refractivity contribution in [3.63, 3.8) is 0 Å². The first-order valence-corrected chi connectivity index (χ1v) is 7.09. The van der Waals surface area contributed by atoms with Crippen LogP contribution in [0, 0.1) is 0 Å². The molecule has 0 unspecified atom stereocenters. The Balaban J connectivity index is 1.59. The highest BCUT2D eigenvalue weighted by molar-refractivity contribution is 5.49. The Hall–Kier alpha value is -1.59. The third kappa shape index (κ3) is 2.78. The summed E-state index contributed by atoms with van der Waals surface area (Å²) in [6, 6.07) is 5.69. The van der Waals surface area contributed by atoms with Gasteiger partial charge in [-0.3, -0.25) is 4.90 Å². The van der Waals surface area contributed by atoms with Crippen LogP contribution in [0.25, 0.3) is 11.5 Å². The van der Waals surface area contributed by atoms with E-state index in [1.165, 1.54) is 0 Å². The maximum absolute atomic E-state index is 5.33. The highest BCUT2D eigenvalue weighted by Gasteiger charge is 2.28. The zero-order valence-electron chi connectivity index (χ0n) is 12.1. The topological polar surface area (TPSA) is 54.4 Å². The Morgan fingerprint density at radius 1 is 1.35 bits per heavy atom. The van der Waals surface area contributed by atoms with E-state index in [1.807, 2.05) is 25.2 Å². The molecular formula is C15H21N3O2. The Bertz CT molecular complexity index is 539. The molecule has 2 aromatic rings. The number of nitrogens with one attached hydrogen (secondary N) is 1. The zero-order valence-corrected chi connectivity index (χ0v) is 12.1. The normalized spacial score (nSPS) is 19.3. The van der Waals surface area contributed by atoms with Gasteiger partial charge in [-0.25, -0.2) is 0 Å². The summed E-state index contributed by atoms with van der Waals surface area (Å²) in [6.45, 7) is 5.29. The van der Waals surface area contributed by atoms with E-state index in [-0.39, 0.29) is 5.54 Å². The zero-order chi connectivity index (χ0) is 14.0. The molecule has 1 N–H and O–H groups in total. The van der Waals surface area contributed by atoms with Crippen LogP contribution >= 0.6 is 0 Å². The van der Waals surface area contributed by atoms with Crippen molar-refractivity contribution in [2.24, 2.45) is 0 Å². The molecular weight excluding hydrogens is 254 g/mol. The number of nitrogens with zero attached hydrogens (tertiary/aromatic N) is 2. The van der Waals surface area contributed by atoms with E-state index in [1.54, 1.807) is 6.26 Å². The molecule has 3 heterocycles. The van der Waals surface area contributed by atoms with Crippen molar-refractivity contribution in [1.29, 1.82) is 0 Å². The number of rotatable bonds is 4. The second kappa shape index (κ2) is 5.42. The molecule has 2 aromatic heterocycles. The fourth-order valence-electron chi connectivity index (χ4n) is 2.60. The molecule has 0 bridgehead atoms. The quantitative estimate of drug-likeness (QED) is 0.929. The minimum atomic E-state index is 0.277. The molecule has 1 fully saturated rings. The van der Waals surface area contributed by atoms with Crippen LogP contribution in [0.2, 0.25) is 0 Å². The van der Waals surface area contributed by atoms with Gasteiger partial charge in [0.05, 0.1) is 12.0 Å². The molecule has 0 amide bonds. The fraction of sp³-hybridized carbons (Fsp3) is 0.533. The summed E-state index contributed by atoms with van der Waals surface area (Å²) in [4.78, 5) is 2.42. The Morgan fingerprint density at radius 2 is 2.15 bits per heavy atom. The van der Waals surface area contributed by atoms with E-state index in [0.717, 1.165) is 43.9 Å². The molecule has 3 rings (SSSR count). The van der Waals surface area contributed by atoms with Crippen molar-refractivity contribution in [2.45, 2.75) is 31.8 Å². The lowest BCUT2D eigenvalue weighted by molar-refractivity contribution is 0.143. The van der Waals surface area contributed by atoms with Gasteiger partial charge in [-0.1, -0.05) is 5.16 Å². The molecule has 5 heteroatoms. The largest absolute Gasteiger partial charge is 0.461 e. The third-order valence-electron chi connectivity index (χ3n) is 4.27. The number of hydrogen-bond acceptors (Lipinski definition) is 5. The molecule has 0 atom stereocenters. The first kappa shape index (κ1) is 13.4. The van der Waals surface area contributed by atoms with E-state index >= 15 is 0 Å². The highest BCUT2D eigenvalue weighted by atomic mass is 16.5. The summed E-state index contributed by atoms with van der Waals surface area (Å²) < 4.78 is 10.6.